The Balaban J connectivity index is 2.11. The Hall–Kier alpha value is -1.06. The second kappa shape index (κ2) is 7.28. The third-order valence-electron chi connectivity index (χ3n) is 4.58. The van der Waals surface area contributed by atoms with E-state index in [1.165, 1.54) is 11.3 Å². The van der Waals surface area contributed by atoms with E-state index in [4.69, 9.17) is 0 Å². The van der Waals surface area contributed by atoms with Gasteiger partial charge in [-0.3, -0.25) is 0 Å². The molecule has 1 aliphatic carbocycles. The summed E-state index contributed by atoms with van der Waals surface area (Å²) in [7, 11) is 2.10. The third kappa shape index (κ3) is 4.21. The van der Waals surface area contributed by atoms with Crippen LogP contribution in [0.4, 0.5) is 5.69 Å². The van der Waals surface area contributed by atoms with Gasteiger partial charge in [0.1, 0.15) is 0 Å². The molecule has 1 aromatic rings. The van der Waals surface area contributed by atoms with Crippen molar-refractivity contribution in [3.63, 3.8) is 0 Å². The van der Waals surface area contributed by atoms with Crippen LogP contribution in [0.25, 0.3) is 0 Å². The van der Waals surface area contributed by atoms with E-state index in [0.717, 1.165) is 45.2 Å². The lowest BCUT2D eigenvalue weighted by atomic mass is 10.00. The van der Waals surface area contributed by atoms with Gasteiger partial charge in [-0.05, 0) is 44.4 Å². The molecule has 1 atom stereocenters. The number of likely N-dealkylation sites (N-methyl/N-ethyl adjacent to an activating group) is 1. The van der Waals surface area contributed by atoms with Crippen LogP contribution in [0.15, 0.2) is 24.3 Å². The van der Waals surface area contributed by atoms with Crippen LogP contribution in [0.3, 0.4) is 0 Å². The minimum atomic E-state index is -0.498. The minimum absolute atomic E-state index is 0.335. The molecule has 0 heterocycles. The Labute approximate surface area is 129 Å². The molecule has 21 heavy (non-hydrogen) atoms. The smallest absolute Gasteiger partial charge is 0.0821 e. The normalized spacial score (nSPS) is 18.7. The Kier molecular flexibility index (Phi) is 5.65. The van der Waals surface area contributed by atoms with Crippen molar-refractivity contribution in [1.29, 1.82) is 0 Å². The molecule has 0 amide bonds. The van der Waals surface area contributed by atoms with Gasteiger partial charge >= 0.3 is 0 Å². The molecule has 1 aromatic carbocycles. The number of hydrogen-bond donors (Lipinski definition) is 2. The molecule has 1 unspecified atom stereocenters. The zero-order valence-electron chi connectivity index (χ0n) is 13.7. The molecule has 2 N–H and O–H groups in total. The molecule has 118 valence electrons. The summed E-state index contributed by atoms with van der Waals surface area (Å²) in [6.45, 7) is 6.16. The van der Waals surface area contributed by atoms with Gasteiger partial charge in [0.05, 0.1) is 5.60 Å². The monoisotopic (exact) mass is 290 g/mol. The van der Waals surface area contributed by atoms with E-state index >= 15 is 0 Å². The first-order valence-electron chi connectivity index (χ1n) is 8.31. The molecule has 3 nitrogen and oxygen atoms in total. The van der Waals surface area contributed by atoms with Crippen molar-refractivity contribution >= 4 is 5.69 Å². The average Bonchev–Trinajstić information content (AvgIpc) is 2.91. The van der Waals surface area contributed by atoms with Crippen molar-refractivity contribution < 1.29 is 5.11 Å². The zero-order chi connectivity index (χ0) is 15.3. The lowest BCUT2D eigenvalue weighted by molar-refractivity contribution is 0.0559. The Morgan fingerprint density at radius 1 is 1.29 bits per heavy atom. The van der Waals surface area contributed by atoms with Gasteiger partial charge in [0.15, 0.2) is 0 Å². The Morgan fingerprint density at radius 2 is 1.95 bits per heavy atom. The average molecular weight is 290 g/mol. The zero-order valence-corrected chi connectivity index (χ0v) is 13.7. The van der Waals surface area contributed by atoms with Gasteiger partial charge in [-0.1, -0.05) is 38.0 Å². The van der Waals surface area contributed by atoms with Gasteiger partial charge in [-0.2, -0.15) is 0 Å². The number of nitrogens with zero attached hydrogens (tertiary/aromatic N) is 1. The summed E-state index contributed by atoms with van der Waals surface area (Å²) in [5, 5.41) is 14.2. The molecule has 0 aliphatic heterocycles. The second-order valence-corrected chi connectivity index (χ2v) is 6.52. The Bertz CT molecular complexity index is 441. The first kappa shape index (κ1) is 16.3. The summed E-state index contributed by atoms with van der Waals surface area (Å²) in [5.41, 5.74) is 2.05. The van der Waals surface area contributed by atoms with Gasteiger partial charge in [-0.25, -0.2) is 0 Å². The topological polar surface area (TPSA) is 35.5 Å². The summed E-state index contributed by atoms with van der Waals surface area (Å²) in [4.78, 5) is 2.23. The van der Waals surface area contributed by atoms with Crippen LogP contribution >= 0.6 is 0 Å². The summed E-state index contributed by atoms with van der Waals surface area (Å²) in [5.74, 6) is 0. The molecule has 0 spiro atoms. The Morgan fingerprint density at radius 3 is 2.62 bits per heavy atom. The van der Waals surface area contributed by atoms with Crippen LogP contribution in [0, 0.1) is 0 Å². The summed E-state index contributed by atoms with van der Waals surface area (Å²) >= 11 is 0. The molecule has 0 saturated heterocycles. The number of aliphatic hydroxyl groups is 1. The SMILES string of the molecule is CCCNC(C)c1ccccc1N(C)CC1(O)CCCC1. The van der Waals surface area contributed by atoms with E-state index in [1.54, 1.807) is 0 Å². The maximum atomic E-state index is 10.6. The van der Waals surface area contributed by atoms with Crippen molar-refractivity contribution in [2.45, 2.75) is 57.6 Å². The molecule has 1 aliphatic rings. The van der Waals surface area contributed by atoms with Crippen LogP contribution in [-0.4, -0.2) is 30.8 Å². The van der Waals surface area contributed by atoms with Crippen LogP contribution in [0.5, 0.6) is 0 Å². The van der Waals surface area contributed by atoms with Crippen LogP contribution < -0.4 is 10.2 Å². The molecule has 1 fully saturated rings. The quantitative estimate of drug-likeness (QED) is 0.807. The minimum Gasteiger partial charge on any atom is -0.388 e. The molecule has 2 rings (SSSR count). The molecular formula is C18H30N2O. The van der Waals surface area contributed by atoms with Gasteiger partial charge < -0.3 is 15.3 Å². The number of benzene rings is 1. The van der Waals surface area contributed by atoms with Crippen LogP contribution in [0.2, 0.25) is 0 Å². The van der Waals surface area contributed by atoms with Gasteiger partial charge in [-0.15, -0.1) is 0 Å². The maximum absolute atomic E-state index is 10.6. The molecule has 1 saturated carbocycles. The fourth-order valence-corrected chi connectivity index (χ4v) is 3.39. The maximum Gasteiger partial charge on any atom is 0.0821 e. The highest BCUT2D eigenvalue weighted by Gasteiger charge is 2.32. The summed E-state index contributed by atoms with van der Waals surface area (Å²) < 4.78 is 0. The predicted molar refractivity (Wildman–Crippen MR) is 89.8 cm³/mol. The second-order valence-electron chi connectivity index (χ2n) is 6.52. The highest BCUT2D eigenvalue weighted by molar-refractivity contribution is 5.54. The highest BCUT2D eigenvalue weighted by Crippen LogP contribution is 2.33. The number of nitrogens with one attached hydrogen (secondary N) is 1. The molecular weight excluding hydrogens is 260 g/mol. The van der Waals surface area contributed by atoms with Crippen molar-refractivity contribution in [2.24, 2.45) is 0 Å². The van der Waals surface area contributed by atoms with E-state index in [0.29, 0.717) is 6.04 Å². The van der Waals surface area contributed by atoms with Gasteiger partial charge in [0.25, 0.3) is 0 Å². The van der Waals surface area contributed by atoms with Crippen LogP contribution in [-0.2, 0) is 0 Å². The standard InChI is InChI=1S/C18H30N2O/c1-4-13-19-15(2)16-9-5-6-10-17(16)20(3)14-18(21)11-7-8-12-18/h5-6,9-10,15,19,21H,4,7-8,11-14H2,1-3H3. The van der Waals surface area contributed by atoms with E-state index in [2.05, 4.69) is 55.4 Å². The first-order valence-corrected chi connectivity index (χ1v) is 8.31. The highest BCUT2D eigenvalue weighted by atomic mass is 16.3. The third-order valence-corrected chi connectivity index (χ3v) is 4.58. The van der Waals surface area contributed by atoms with Crippen molar-refractivity contribution in [3.05, 3.63) is 29.8 Å². The molecule has 3 heteroatoms. The largest absolute Gasteiger partial charge is 0.388 e. The van der Waals surface area contributed by atoms with Crippen molar-refractivity contribution in [2.75, 3.05) is 25.0 Å². The van der Waals surface area contributed by atoms with E-state index in [1.807, 2.05) is 0 Å². The summed E-state index contributed by atoms with van der Waals surface area (Å²) in [6, 6.07) is 8.87. The molecule has 0 aromatic heterocycles. The lowest BCUT2D eigenvalue weighted by Gasteiger charge is -2.32. The number of anilines is 1. The van der Waals surface area contributed by atoms with E-state index in [-0.39, 0.29) is 0 Å². The fourth-order valence-electron chi connectivity index (χ4n) is 3.39. The predicted octanol–water partition coefficient (Wildman–Crippen LogP) is 3.49. The molecule has 0 bridgehead atoms. The lowest BCUT2D eigenvalue weighted by Crippen LogP contribution is -2.39. The number of rotatable bonds is 7. The number of para-hydroxylation sites is 1. The van der Waals surface area contributed by atoms with Crippen LogP contribution in [0.1, 0.15) is 57.6 Å². The van der Waals surface area contributed by atoms with E-state index in [9.17, 15) is 5.11 Å². The van der Waals surface area contributed by atoms with Crippen molar-refractivity contribution in [1.82, 2.24) is 5.32 Å². The molecule has 0 radical (unpaired) electrons. The van der Waals surface area contributed by atoms with Gasteiger partial charge in [0, 0.05) is 25.3 Å². The fraction of sp³-hybridized carbons (Fsp3) is 0.667. The van der Waals surface area contributed by atoms with Crippen molar-refractivity contribution in [3.8, 4) is 0 Å². The summed E-state index contributed by atoms with van der Waals surface area (Å²) in [6.07, 6.45) is 5.31. The van der Waals surface area contributed by atoms with E-state index < -0.39 is 5.60 Å². The first-order chi connectivity index (χ1) is 10.1. The number of hydrogen-bond acceptors (Lipinski definition) is 3. The van der Waals surface area contributed by atoms with Gasteiger partial charge in [0.2, 0.25) is 0 Å².